The number of benzene rings is 2. The normalized spacial score (nSPS) is 28.8. The van der Waals surface area contributed by atoms with Crippen LogP contribution in [0.2, 0.25) is 0 Å². The molecule has 0 aliphatic carbocycles. The van der Waals surface area contributed by atoms with Gasteiger partial charge in [0.05, 0.1) is 25.4 Å². The molecule has 1 saturated heterocycles. The Balaban J connectivity index is 1.71. The van der Waals surface area contributed by atoms with Gasteiger partial charge in [-0.2, -0.15) is 0 Å². The monoisotopic (exact) mass is 356 g/mol. The summed E-state index contributed by atoms with van der Waals surface area (Å²) in [5.74, 6) is 0.200. The minimum Gasteiger partial charge on any atom is -0.370 e. The number of methoxy groups -OCH3 is 1. The van der Waals surface area contributed by atoms with Gasteiger partial charge in [0.1, 0.15) is 6.10 Å². The van der Waals surface area contributed by atoms with E-state index in [4.69, 9.17) is 18.9 Å². The molecular weight excluding hydrogens is 328 g/mol. The van der Waals surface area contributed by atoms with Crippen molar-refractivity contribution in [2.45, 2.75) is 51.7 Å². The van der Waals surface area contributed by atoms with Crippen molar-refractivity contribution < 1.29 is 18.9 Å². The Kier molecular flexibility index (Phi) is 6.80. The minimum absolute atomic E-state index is 0.0392. The van der Waals surface area contributed by atoms with Crippen LogP contribution in [0, 0.1) is 5.92 Å². The molecule has 3 rings (SSSR count). The van der Waals surface area contributed by atoms with E-state index in [1.807, 2.05) is 36.4 Å². The summed E-state index contributed by atoms with van der Waals surface area (Å²) in [6.07, 6.45) is -0.786. The molecule has 4 heteroatoms. The molecule has 0 saturated carbocycles. The molecule has 0 N–H and O–H groups in total. The summed E-state index contributed by atoms with van der Waals surface area (Å²) in [7, 11) is 1.65. The van der Waals surface area contributed by atoms with Crippen LogP contribution in [-0.4, -0.2) is 31.7 Å². The summed E-state index contributed by atoms with van der Waals surface area (Å²) in [5.41, 5.74) is 2.27. The molecule has 2 aromatic rings. The van der Waals surface area contributed by atoms with E-state index >= 15 is 0 Å². The van der Waals surface area contributed by atoms with Crippen LogP contribution in [0.3, 0.4) is 0 Å². The first-order valence-corrected chi connectivity index (χ1v) is 9.18. The average molecular weight is 356 g/mol. The van der Waals surface area contributed by atoms with Gasteiger partial charge in [-0.15, -0.1) is 0 Å². The number of ether oxygens (including phenoxy) is 4. The van der Waals surface area contributed by atoms with Gasteiger partial charge in [0.25, 0.3) is 0 Å². The molecule has 2 aromatic carbocycles. The van der Waals surface area contributed by atoms with Gasteiger partial charge in [0.2, 0.25) is 0 Å². The van der Waals surface area contributed by atoms with E-state index in [-0.39, 0.29) is 24.2 Å². The van der Waals surface area contributed by atoms with E-state index in [0.29, 0.717) is 13.2 Å². The van der Waals surface area contributed by atoms with Crippen LogP contribution >= 0.6 is 0 Å². The quantitative estimate of drug-likeness (QED) is 0.746. The van der Waals surface area contributed by atoms with E-state index < -0.39 is 6.29 Å². The fourth-order valence-corrected chi connectivity index (χ4v) is 3.28. The highest BCUT2D eigenvalue weighted by molar-refractivity contribution is 5.14. The molecular formula is C22H28O4. The molecule has 5 atom stereocenters. The maximum atomic E-state index is 6.30. The van der Waals surface area contributed by atoms with Gasteiger partial charge >= 0.3 is 0 Å². The zero-order valence-electron chi connectivity index (χ0n) is 15.7. The maximum absolute atomic E-state index is 6.30. The third-order valence-electron chi connectivity index (χ3n) is 5.00. The molecule has 140 valence electrons. The van der Waals surface area contributed by atoms with Crippen molar-refractivity contribution in [2.24, 2.45) is 5.92 Å². The second kappa shape index (κ2) is 9.28. The van der Waals surface area contributed by atoms with E-state index in [0.717, 1.165) is 11.1 Å². The second-order valence-electron chi connectivity index (χ2n) is 6.83. The lowest BCUT2D eigenvalue weighted by Gasteiger charge is -2.43. The predicted octanol–water partition coefficient (Wildman–Crippen LogP) is 4.18. The maximum Gasteiger partial charge on any atom is 0.186 e. The highest BCUT2D eigenvalue weighted by Crippen LogP contribution is 2.31. The minimum atomic E-state index is -0.439. The molecule has 0 bridgehead atoms. The molecule has 0 radical (unpaired) electrons. The van der Waals surface area contributed by atoms with Crippen LogP contribution in [0.5, 0.6) is 0 Å². The predicted molar refractivity (Wildman–Crippen MR) is 101 cm³/mol. The fourth-order valence-electron chi connectivity index (χ4n) is 3.28. The summed E-state index contributed by atoms with van der Waals surface area (Å²) in [4.78, 5) is 0. The molecule has 0 amide bonds. The lowest BCUT2D eigenvalue weighted by molar-refractivity contribution is -0.294. The highest BCUT2D eigenvalue weighted by Gasteiger charge is 2.44. The summed E-state index contributed by atoms with van der Waals surface area (Å²) >= 11 is 0. The van der Waals surface area contributed by atoms with Crippen molar-refractivity contribution in [3.8, 4) is 0 Å². The largest absolute Gasteiger partial charge is 0.370 e. The van der Waals surface area contributed by atoms with Crippen molar-refractivity contribution in [3.05, 3.63) is 71.8 Å². The zero-order chi connectivity index (χ0) is 18.4. The molecule has 1 heterocycles. The molecule has 1 aliphatic heterocycles. The molecule has 0 unspecified atom stereocenters. The Bertz CT molecular complexity index is 602. The van der Waals surface area contributed by atoms with Gasteiger partial charge < -0.3 is 18.9 Å². The number of hydrogen-bond donors (Lipinski definition) is 0. The lowest BCUT2D eigenvalue weighted by Crippen LogP contribution is -2.55. The van der Waals surface area contributed by atoms with Crippen molar-refractivity contribution in [2.75, 3.05) is 7.11 Å². The van der Waals surface area contributed by atoms with E-state index in [1.54, 1.807) is 7.11 Å². The zero-order valence-corrected chi connectivity index (χ0v) is 15.7. The molecule has 0 spiro atoms. The van der Waals surface area contributed by atoms with E-state index in [2.05, 4.69) is 38.1 Å². The van der Waals surface area contributed by atoms with Crippen molar-refractivity contribution >= 4 is 0 Å². The Morgan fingerprint density at radius 2 is 1.27 bits per heavy atom. The van der Waals surface area contributed by atoms with Crippen LogP contribution in [0.4, 0.5) is 0 Å². The van der Waals surface area contributed by atoms with Crippen molar-refractivity contribution in [3.63, 3.8) is 0 Å². The Morgan fingerprint density at radius 1 is 0.769 bits per heavy atom. The topological polar surface area (TPSA) is 36.9 Å². The van der Waals surface area contributed by atoms with Gasteiger partial charge in [-0.25, -0.2) is 0 Å². The van der Waals surface area contributed by atoms with E-state index in [9.17, 15) is 0 Å². The standard InChI is InChI=1S/C22H28O4/c1-16-17(2)26-22(23-3)21(25-15-19-12-8-5-9-13-19)20(16)24-14-18-10-6-4-7-11-18/h4-13,16-17,20-22H,14-15H2,1-3H3/t16-,17-,20+,21+,22+/m0/s1. The average Bonchev–Trinajstić information content (AvgIpc) is 2.69. The molecule has 26 heavy (non-hydrogen) atoms. The third-order valence-corrected chi connectivity index (χ3v) is 5.00. The Hall–Kier alpha value is -1.72. The fraction of sp³-hybridized carbons (Fsp3) is 0.455. The number of hydrogen-bond acceptors (Lipinski definition) is 4. The van der Waals surface area contributed by atoms with E-state index in [1.165, 1.54) is 0 Å². The molecule has 1 fully saturated rings. The lowest BCUT2D eigenvalue weighted by atomic mass is 9.91. The van der Waals surface area contributed by atoms with Gasteiger partial charge in [-0.1, -0.05) is 67.6 Å². The molecule has 4 nitrogen and oxygen atoms in total. The Labute approximate surface area is 156 Å². The van der Waals surface area contributed by atoms with Gasteiger partial charge in [-0.3, -0.25) is 0 Å². The third kappa shape index (κ3) is 4.71. The Morgan fingerprint density at radius 3 is 1.77 bits per heavy atom. The first kappa shape index (κ1) is 19.1. The first-order valence-electron chi connectivity index (χ1n) is 9.18. The van der Waals surface area contributed by atoms with Crippen LogP contribution in [-0.2, 0) is 32.2 Å². The first-order chi connectivity index (χ1) is 12.7. The number of rotatable bonds is 7. The summed E-state index contributed by atoms with van der Waals surface area (Å²) in [5, 5.41) is 0. The van der Waals surface area contributed by atoms with Gasteiger partial charge in [-0.05, 0) is 18.1 Å². The van der Waals surface area contributed by atoms with Gasteiger partial charge in [0.15, 0.2) is 6.29 Å². The summed E-state index contributed by atoms with van der Waals surface area (Å²) in [6, 6.07) is 20.3. The molecule has 0 aromatic heterocycles. The highest BCUT2D eigenvalue weighted by atomic mass is 16.7. The smallest absolute Gasteiger partial charge is 0.186 e. The van der Waals surface area contributed by atoms with Crippen molar-refractivity contribution in [1.82, 2.24) is 0 Å². The summed E-state index contributed by atoms with van der Waals surface area (Å²) in [6.45, 7) is 5.25. The second-order valence-corrected chi connectivity index (χ2v) is 6.83. The van der Waals surface area contributed by atoms with Crippen LogP contribution in [0.1, 0.15) is 25.0 Å². The van der Waals surface area contributed by atoms with Crippen LogP contribution in [0.15, 0.2) is 60.7 Å². The van der Waals surface area contributed by atoms with Gasteiger partial charge in [0, 0.05) is 13.0 Å². The van der Waals surface area contributed by atoms with Crippen LogP contribution < -0.4 is 0 Å². The summed E-state index contributed by atoms with van der Waals surface area (Å²) < 4.78 is 24.1. The van der Waals surface area contributed by atoms with Crippen molar-refractivity contribution in [1.29, 1.82) is 0 Å². The SMILES string of the molecule is CO[C@@H]1O[C@@H](C)[C@H](C)[C@@H](OCc2ccccc2)[C@H]1OCc1ccccc1. The molecule has 1 aliphatic rings. The van der Waals surface area contributed by atoms with Crippen LogP contribution in [0.25, 0.3) is 0 Å².